The van der Waals surface area contributed by atoms with Crippen LogP contribution in [0.3, 0.4) is 0 Å². The van der Waals surface area contributed by atoms with E-state index in [9.17, 15) is 0 Å². The summed E-state index contributed by atoms with van der Waals surface area (Å²) < 4.78 is 12.0. The van der Waals surface area contributed by atoms with E-state index in [0.29, 0.717) is 24.0 Å². The minimum absolute atomic E-state index is 0.258. The lowest BCUT2D eigenvalue weighted by molar-refractivity contribution is -0.203. The predicted molar refractivity (Wildman–Crippen MR) is 47.2 cm³/mol. The van der Waals surface area contributed by atoms with Gasteiger partial charge in [0.2, 0.25) is 0 Å². The molecule has 2 fully saturated rings. The maximum Gasteiger partial charge on any atom is 0.106 e. The van der Waals surface area contributed by atoms with Gasteiger partial charge in [0.05, 0.1) is 12.2 Å². The summed E-state index contributed by atoms with van der Waals surface area (Å²) in [6, 6.07) is 0. The Kier molecular flexibility index (Phi) is 1.08. The maximum absolute atomic E-state index is 5.98. The summed E-state index contributed by atoms with van der Waals surface area (Å²) in [5, 5.41) is 0. The van der Waals surface area contributed by atoms with Gasteiger partial charge in [0.1, 0.15) is 12.2 Å². The van der Waals surface area contributed by atoms with Crippen molar-refractivity contribution in [1.29, 1.82) is 0 Å². The van der Waals surface area contributed by atoms with Gasteiger partial charge in [0, 0.05) is 11.8 Å². The fourth-order valence-corrected chi connectivity index (χ4v) is 2.99. The molecule has 0 radical (unpaired) electrons. The van der Waals surface area contributed by atoms with Crippen molar-refractivity contribution < 1.29 is 9.47 Å². The van der Waals surface area contributed by atoms with E-state index in [-0.39, 0.29) is 12.2 Å². The third-order valence-electron chi connectivity index (χ3n) is 3.76. The van der Waals surface area contributed by atoms with Crippen LogP contribution in [0.1, 0.15) is 6.42 Å². The summed E-state index contributed by atoms with van der Waals surface area (Å²) in [5.74, 6) is 1.26. The van der Waals surface area contributed by atoms with Crippen molar-refractivity contribution in [3.05, 3.63) is 24.3 Å². The van der Waals surface area contributed by atoms with Gasteiger partial charge in [0.15, 0.2) is 0 Å². The highest BCUT2D eigenvalue weighted by Gasteiger charge is 2.52. The zero-order valence-electron chi connectivity index (χ0n) is 7.30. The maximum atomic E-state index is 5.98. The van der Waals surface area contributed by atoms with Crippen LogP contribution in [0.2, 0.25) is 0 Å². The molecule has 0 N–H and O–H groups in total. The molecule has 0 aromatic heterocycles. The molecule has 0 aromatic rings. The summed E-state index contributed by atoms with van der Waals surface area (Å²) in [6.45, 7) is 0. The molecule has 3 aliphatic carbocycles. The molecule has 6 atom stereocenters. The fraction of sp³-hybridized carbons (Fsp3) is 0.636. The van der Waals surface area contributed by atoms with Gasteiger partial charge in [-0.15, -0.1) is 0 Å². The van der Waals surface area contributed by atoms with E-state index >= 15 is 0 Å². The Hall–Kier alpha value is -0.600. The molecule has 1 saturated carbocycles. The SMILES string of the molecule is C1=C[C@H]2C[C@@H]1[C@H]1O[C@@H]3C=C[C@@H]3O[C@H]12. The van der Waals surface area contributed by atoms with Gasteiger partial charge in [-0.25, -0.2) is 0 Å². The van der Waals surface area contributed by atoms with Crippen molar-refractivity contribution in [1.82, 2.24) is 0 Å². The van der Waals surface area contributed by atoms with E-state index < -0.39 is 0 Å². The fourth-order valence-electron chi connectivity index (χ4n) is 2.99. The first kappa shape index (κ1) is 6.80. The van der Waals surface area contributed by atoms with E-state index in [4.69, 9.17) is 9.47 Å². The standard InChI is InChI=1S/C11H12O2/c1-2-7-5-6(1)10-11(7)13-9-4-3-8(9)12-10/h1-4,6-11H,5H2/t6-,7+,8-,9+,10-,11+. The highest BCUT2D eigenvalue weighted by Crippen LogP contribution is 2.47. The van der Waals surface area contributed by atoms with E-state index in [2.05, 4.69) is 24.3 Å². The second kappa shape index (κ2) is 2.07. The van der Waals surface area contributed by atoms with Crippen molar-refractivity contribution in [2.45, 2.75) is 30.8 Å². The van der Waals surface area contributed by atoms with E-state index in [1.807, 2.05) is 0 Å². The molecule has 0 unspecified atom stereocenters. The summed E-state index contributed by atoms with van der Waals surface area (Å²) in [6.07, 6.45) is 11.3. The average Bonchev–Trinajstić information content (AvgIpc) is 2.67. The lowest BCUT2D eigenvalue weighted by Gasteiger charge is -2.44. The molecule has 0 spiro atoms. The van der Waals surface area contributed by atoms with Crippen molar-refractivity contribution in [3.63, 3.8) is 0 Å². The Labute approximate surface area is 77.2 Å². The Balaban J connectivity index is 1.69. The van der Waals surface area contributed by atoms with E-state index in [0.717, 1.165) is 0 Å². The van der Waals surface area contributed by atoms with E-state index in [1.54, 1.807) is 0 Å². The van der Waals surface area contributed by atoms with Crippen LogP contribution in [0.25, 0.3) is 0 Å². The molecule has 13 heavy (non-hydrogen) atoms. The first-order chi connectivity index (χ1) is 6.42. The van der Waals surface area contributed by atoms with Gasteiger partial charge in [0.25, 0.3) is 0 Å². The lowest BCUT2D eigenvalue weighted by Crippen LogP contribution is -2.52. The summed E-state index contributed by atoms with van der Waals surface area (Å²) in [4.78, 5) is 0. The second-order valence-electron chi connectivity index (χ2n) is 4.46. The number of rotatable bonds is 0. The van der Waals surface area contributed by atoms with Crippen LogP contribution in [0, 0.1) is 11.8 Å². The van der Waals surface area contributed by atoms with Crippen molar-refractivity contribution >= 4 is 0 Å². The largest absolute Gasteiger partial charge is 0.365 e. The summed E-state index contributed by atoms with van der Waals surface area (Å²) in [5.41, 5.74) is 0. The van der Waals surface area contributed by atoms with Crippen molar-refractivity contribution in [2.75, 3.05) is 0 Å². The Bertz CT molecular complexity index is 279. The second-order valence-corrected chi connectivity index (χ2v) is 4.46. The normalized spacial score (nSPS) is 60.3. The van der Waals surface area contributed by atoms with Crippen LogP contribution >= 0.6 is 0 Å². The molecule has 4 aliphatic rings. The molecule has 4 rings (SSSR count). The van der Waals surface area contributed by atoms with Gasteiger partial charge in [-0.3, -0.25) is 0 Å². The quantitative estimate of drug-likeness (QED) is 0.518. The molecule has 2 nitrogen and oxygen atoms in total. The highest BCUT2D eigenvalue weighted by molar-refractivity contribution is 5.22. The first-order valence-electron chi connectivity index (χ1n) is 5.09. The van der Waals surface area contributed by atoms with Crippen molar-refractivity contribution in [2.24, 2.45) is 11.8 Å². The third kappa shape index (κ3) is 0.720. The van der Waals surface area contributed by atoms with Crippen LogP contribution in [0.15, 0.2) is 24.3 Å². The van der Waals surface area contributed by atoms with Gasteiger partial charge in [-0.05, 0) is 6.42 Å². The van der Waals surface area contributed by atoms with Crippen LogP contribution < -0.4 is 0 Å². The van der Waals surface area contributed by atoms with Crippen LogP contribution in [-0.2, 0) is 9.47 Å². The molecular formula is C11H12O2. The monoisotopic (exact) mass is 176 g/mol. The van der Waals surface area contributed by atoms with Crippen molar-refractivity contribution in [3.8, 4) is 0 Å². The zero-order valence-corrected chi connectivity index (χ0v) is 7.30. The number of fused-ring (bicyclic) bond motifs is 6. The predicted octanol–water partition coefficient (Wildman–Crippen LogP) is 1.28. The third-order valence-corrected chi connectivity index (χ3v) is 3.76. The van der Waals surface area contributed by atoms with Gasteiger partial charge >= 0.3 is 0 Å². The molecule has 2 bridgehead atoms. The topological polar surface area (TPSA) is 18.5 Å². The van der Waals surface area contributed by atoms with Crippen LogP contribution in [-0.4, -0.2) is 24.4 Å². The molecule has 0 aromatic carbocycles. The molecule has 2 heteroatoms. The summed E-state index contributed by atoms with van der Waals surface area (Å²) in [7, 11) is 0. The molecular weight excluding hydrogens is 164 g/mol. The van der Waals surface area contributed by atoms with Gasteiger partial charge < -0.3 is 9.47 Å². The van der Waals surface area contributed by atoms with E-state index in [1.165, 1.54) is 6.42 Å². The van der Waals surface area contributed by atoms with Gasteiger partial charge in [-0.2, -0.15) is 0 Å². The lowest BCUT2D eigenvalue weighted by atomic mass is 9.94. The van der Waals surface area contributed by atoms with Crippen LogP contribution in [0.4, 0.5) is 0 Å². The molecule has 1 saturated heterocycles. The van der Waals surface area contributed by atoms with Crippen LogP contribution in [0.5, 0.6) is 0 Å². The average molecular weight is 176 g/mol. The minimum Gasteiger partial charge on any atom is -0.365 e. The van der Waals surface area contributed by atoms with Gasteiger partial charge in [-0.1, -0.05) is 24.3 Å². The number of hydrogen-bond acceptors (Lipinski definition) is 2. The summed E-state index contributed by atoms with van der Waals surface area (Å²) >= 11 is 0. The zero-order chi connectivity index (χ0) is 8.41. The Morgan fingerprint density at radius 2 is 1.31 bits per heavy atom. The number of hydrogen-bond donors (Lipinski definition) is 0. The first-order valence-corrected chi connectivity index (χ1v) is 5.09. The Morgan fingerprint density at radius 3 is 1.77 bits per heavy atom. The molecule has 1 heterocycles. The Morgan fingerprint density at radius 1 is 0.769 bits per heavy atom. The molecule has 0 amide bonds. The molecule has 1 aliphatic heterocycles. The smallest absolute Gasteiger partial charge is 0.106 e. The highest BCUT2D eigenvalue weighted by atomic mass is 16.6. The molecule has 68 valence electrons. The minimum atomic E-state index is 0.258. The number of ether oxygens (including phenoxy) is 2.